The van der Waals surface area contributed by atoms with E-state index in [9.17, 15) is 8.42 Å². The van der Waals surface area contributed by atoms with Crippen LogP contribution in [0.15, 0.2) is 71.6 Å². The Labute approximate surface area is 228 Å². The van der Waals surface area contributed by atoms with E-state index < -0.39 is 10.0 Å². The SMILES string of the molecule is COc1cc(S(=O)(=O)NCCCN2CCC(c3ccccc3)CC2)cc(-c2nc3ccccc3s2)c1OC. The number of hydrogen-bond acceptors (Lipinski definition) is 7. The summed E-state index contributed by atoms with van der Waals surface area (Å²) < 4.78 is 41.4. The van der Waals surface area contributed by atoms with Gasteiger partial charge in [-0.05, 0) is 68.6 Å². The molecule has 0 unspecified atom stereocenters. The number of rotatable bonds is 10. The first-order valence-corrected chi connectivity index (χ1v) is 15.2. The lowest BCUT2D eigenvalue weighted by Crippen LogP contribution is -2.35. The smallest absolute Gasteiger partial charge is 0.240 e. The molecule has 5 rings (SSSR count). The number of nitrogens with one attached hydrogen (secondary N) is 1. The summed E-state index contributed by atoms with van der Waals surface area (Å²) in [6.45, 7) is 3.31. The highest BCUT2D eigenvalue weighted by molar-refractivity contribution is 7.89. The summed E-state index contributed by atoms with van der Waals surface area (Å²) in [6, 6.07) is 21.6. The second-order valence-electron chi connectivity index (χ2n) is 9.47. The fraction of sp³-hybridized carbons (Fsp3) is 0.345. The van der Waals surface area contributed by atoms with Crippen LogP contribution in [0.2, 0.25) is 0 Å². The van der Waals surface area contributed by atoms with Gasteiger partial charge in [0, 0.05) is 12.6 Å². The Hall–Kier alpha value is -2.98. The molecule has 7 nitrogen and oxygen atoms in total. The summed E-state index contributed by atoms with van der Waals surface area (Å²) in [5.41, 5.74) is 2.86. The van der Waals surface area contributed by atoms with E-state index >= 15 is 0 Å². The Bertz CT molecular complexity index is 1450. The Morgan fingerprint density at radius 2 is 1.74 bits per heavy atom. The first-order valence-electron chi connectivity index (χ1n) is 12.9. The maximum atomic E-state index is 13.3. The molecule has 200 valence electrons. The Balaban J connectivity index is 1.24. The third-order valence-electron chi connectivity index (χ3n) is 7.09. The quantitative estimate of drug-likeness (QED) is 0.261. The first-order chi connectivity index (χ1) is 18.5. The van der Waals surface area contributed by atoms with E-state index in [1.54, 1.807) is 13.2 Å². The van der Waals surface area contributed by atoms with Crippen molar-refractivity contribution in [3.63, 3.8) is 0 Å². The van der Waals surface area contributed by atoms with Crippen LogP contribution in [-0.4, -0.2) is 58.7 Å². The summed E-state index contributed by atoms with van der Waals surface area (Å²) in [4.78, 5) is 7.26. The number of aromatic nitrogens is 1. The third-order valence-corrected chi connectivity index (χ3v) is 9.60. The monoisotopic (exact) mass is 551 g/mol. The van der Waals surface area contributed by atoms with Gasteiger partial charge >= 0.3 is 0 Å². The molecule has 1 aromatic heterocycles. The minimum absolute atomic E-state index is 0.132. The highest BCUT2D eigenvalue weighted by Crippen LogP contribution is 2.42. The number of para-hydroxylation sites is 1. The van der Waals surface area contributed by atoms with E-state index in [1.807, 2.05) is 24.3 Å². The van der Waals surface area contributed by atoms with Gasteiger partial charge in [-0.2, -0.15) is 0 Å². The number of fused-ring (bicyclic) bond motifs is 1. The molecular formula is C29H33N3O4S2. The van der Waals surface area contributed by atoms with Crippen LogP contribution >= 0.6 is 11.3 Å². The van der Waals surface area contributed by atoms with E-state index in [2.05, 4.69) is 40.0 Å². The summed E-state index contributed by atoms with van der Waals surface area (Å²) in [5.74, 6) is 1.43. The topological polar surface area (TPSA) is 80.8 Å². The molecule has 0 aliphatic carbocycles. The normalized spacial score (nSPS) is 15.1. The average Bonchev–Trinajstić information content (AvgIpc) is 3.39. The Morgan fingerprint density at radius 1 is 1.00 bits per heavy atom. The first kappa shape index (κ1) is 26.6. The number of hydrogen-bond donors (Lipinski definition) is 1. The van der Waals surface area contributed by atoms with Gasteiger partial charge in [-0.3, -0.25) is 0 Å². The Kier molecular flexibility index (Phi) is 8.28. The molecule has 1 aliphatic heterocycles. The lowest BCUT2D eigenvalue weighted by Gasteiger charge is -2.32. The standard InChI is InChI=1S/C29H33N3O4S2/c1-35-26-20-23(19-24(28(26)36-2)29-31-25-11-6-7-12-27(25)37-29)38(33,34)30-15-8-16-32-17-13-22(14-18-32)21-9-4-3-5-10-21/h3-7,9-12,19-20,22,30H,8,13-18H2,1-2H3. The molecule has 1 saturated heterocycles. The molecule has 9 heteroatoms. The predicted octanol–water partition coefficient (Wildman–Crippen LogP) is 5.53. The molecule has 0 atom stereocenters. The van der Waals surface area contributed by atoms with Crippen LogP contribution in [-0.2, 0) is 10.0 Å². The molecule has 1 aliphatic rings. The predicted molar refractivity (Wildman–Crippen MR) is 153 cm³/mol. The largest absolute Gasteiger partial charge is 0.493 e. The zero-order valence-corrected chi connectivity index (χ0v) is 23.4. The number of thiazole rings is 1. The number of ether oxygens (including phenoxy) is 2. The molecule has 4 aromatic rings. The molecule has 0 radical (unpaired) electrons. The van der Waals surface area contributed by atoms with Gasteiger partial charge < -0.3 is 14.4 Å². The molecule has 1 N–H and O–H groups in total. The highest BCUT2D eigenvalue weighted by Gasteiger charge is 2.24. The lowest BCUT2D eigenvalue weighted by atomic mass is 9.89. The van der Waals surface area contributed by atoms with Gasteiger partial charge in [-0.1, -0.05) is 42.5 Å². The average molecular weight is 552 g/mol. The van der Waals surface area contributed by atoms with Crippen molar-refractivity contribution in [1.29, 1.82) is 0 Å². The maximum Gasteiger partial charge on any atom is 0.240 e. The van der Waals surface area contributed by atoms with Gasteiger partial charge in [0.25, 0.3) is 0 Å². The highest BCUT2D eigenvalue weighted by atomic mass is 32.2. The summed E-state index contributed by atoms with van der Waals surface area (Å²) in [7, 11) is -0.703. The fourth-order valence-corrected chi connectivity index (χ4v) is 7.14. The lowest BCUT2D eigenvalue weighted by molar-refractivity contribution is 0.210. The number of benzene rings is 3. The molecule has 0 bridgehead atoms. The van der Waals surface area contributed by atoms with Crippen LogP contribution in [0.1, 0.15) is 30.7 Å². The second kappa shape index (κ2) is 11.8. The van der Waals surface area contributed by atoms with Gasteiger partial charge in [-0.25, -0.2) is 18.1 Å². The fourth-order valence-electron chi connectivity index (χ4n) is 5.05. The van der Waals surface area contributed by atoms with Crippen LogP contribution in [0.5, 0.6) is 11.5 Å². The van der Waals surface area contributed by atoms with Crippen molar-refractivity contribution in [3.8, 4) is 22.1 Å². The van der Waals surface area contributed by atoms with E-state index in [0.29, 0.717) is 34.5 Å². The van der Waals surface area contributed by atoms with E-state index in [-0.39, 0.29) is 4.90 Å². The molecular weight excluding hydrogens is 518 g/mol. The zero-order chi connectivity index (χ0) is 26.5. The number of piperidine rings is 1. The zero-order valence-electron chi connectivity index (χ0n) is 21.7. The third kappa shape index (κ3) is 5.86. The number of methoxy groups -OCH3 is 2. The van der Waals surface area contributed by atoms with Crippen LogP contribution in [0, 0.1) is 0 Å². The van der Waals surface area contributed by atoms with Crippen molar-refractivity contribution in [1.82, 2.24) is 14.6 Å². The molecule has 38 heavy (non-hydrogen) atoms. The van der Waals surface area contributed by atoms with Gasteiger partial charge in [-0.15, -0.1) is 11.3 Å². The molecule has 0 spiro atoms. The van der Waals surface area contributed by atoms with E-state index in [0.717, 1.165) is 49.1 Å². The molecule has 0 amide bonds. The number of sulfonamides is 1. The van der Waals surface area contributed by atoms with Crippen LogP contribution in [0.3, 0.4) is 0 Å². The minimum atomic E-state index is -3.75. The molecule has 1 fully saturated rings. The van der Waals surface area contributed by atoms with E-state index in [1.165, 1.54) is 30.1 Å². The summed E-state index contributed by atoms with van der Waals surface area (Å²) in [6.07, 6.45) is 3.01. The van der Waals surface area contributed by atoms with Crippen molar-refractivity contribution in [2.24, 2.45) is 0 Å². The van der Waals surface area contributed by atoms with Crippen molar-refractivity contribution in [3.05, 3.63) is 72.3 Å². The van der Waals surface area contributed by atoms with Crippen molar-refractivity contribution < 1.29 is 17.9 Å². The summed E-state index contributed by atoms with van der Waals surface area (Å²) in [5, 5.41) is 0.678. The van der Waals surface area contributed by atoms with Crippen molar-refractivity contribution in [2.75, 3.05) is 40.4 Å². The number of likely N-dealkylation sites (tertiary alicyclic amines) is 1. The van der Waals surface area contributed by atoms with Crippen LogP contribution in [0.4, 0.5) is 0 Å². The molecule has 0 saturated carbocycles. The van der Waals surface area contributed by atoms with E-state index in [4.69, 9.17) is 14.5 Å². The van der Waals surface area contributed by atoms with Gasteiger partial charge in [0.2, 0.25) is 10.0 Å². The Morgan fingerprint density at radius 3 is 2.45 bits per heavy atom. The minimum Gasteiger partial charge on any atom is -0.493 e. The summed E-state index contributed by atoms with van der Waals surface area (Å²) >= 11 is 1.49. The van der Waals surface area contributed by atoms with Gasteiger partial charge in [0.15, 0.2) is 11.5 Å². The molecule has 3 aromatic carbocycles. The molecule has 2 heterocycles. The second-order valence-corrected chi connectivity index (χ2v) is 12.3. The maximum absolute atomic E-state index is 13.3. The van der Waals surface area contributed by atoms with Crippen molar-refractivity contribution >= 4 is 31.6 Å². The van der Waals surface area contributed by atoms with Crippen LogP contribution < -0.4 is 14.2 Å². The van der Waals surface area contributed by atoms with Crippen LogP contribution in [0.25, 0.3) is 20.8 Å². The van der Waals surface area contributed by atoms with Crippen molar-refractivity contribution in [2.45, 2.75) is 30.1 Å². The van der Waals surface area contributed by atoms with Gasteiger partial charge in [0.1, 0.15) is 5.01 Å². The van der Waals surface area contributed by atoms with Gasteiger partial charge in [0.05, 0.1) is 34.9 Å². The number of nitrogens with zero attached hydrogens (tertiary/aromatic N) is 2.